The lowest BCUT2D eigenvalue weighted by atomic mass is 9.89. The molecular formula is C17H25N3O2S. The van der Waals surface area contributed by atoms with Crippen LogP contribution >= 0.6 is 11.8 Å². The zero-order valence-corrected chi connectivity index (χ0v) is 14.7. The fraction of sp³-hybridized carbons (Fsp3) is 0.529. The predicted octanol–water partition coefficient (Wildman–Crippen LogP) is 2.10. The number of carbonyl (C=O) groups is 1. The molecule has 1 heterocycles. The Bertz CT molecular complexity index is 586. The first kappa shape index (κ1) is 17.8. The van der Waals surface area contributed by atoms with Gasteiger partial charge in [0, 0.05) is 11.3 Å². The van der Waals surface area contributed by atoms with E-state index in [4.69, 9.17) is 5.73 Å². The van der Waals surface area contributed by atoms with Crippen LogP contribution in [-0.4, -0.2) is 34.6 Å². The van der Waals surface area contributed by atoms with Crippen molar-refractivity contribution in [1.82, 2.24) is 5.32 Å². The lowest BCUT2D eigenvalue weighted by Crippen LogP contribution is -2.41. The standard InChI is InChI=1S/C17H25N3O2S/c1-11(2)14(10-21)19-15(22)12-4-6-13(7-5-12)17(3)8-9-23-16(18)20-17/h4-7,11,14,21H,8-10H2,1-3H3,(H2,18,20)(H,19,22). The number of amides is 1. The normalized spacial score (nSPS) is 22.6. The van der Waals surface area contributed by atoms with Crippen molar-refractivity contribution in [2.24, 2.45) is 16.6 Å². The Kier molecular flexibility index (Phi) is 5.70. The molecule has 2 atom stereocenters. The highest BCUT2D eigenvalue weighted by atomic mass is 32.2. The van der Waals surface area contributed by atoms with Crippen molar-refractivity contribution in [2.45, 2.75) is 38.8 Å². The van der Waals surface area contributed by atoms with Crippen molar-refractivity contribution >= 4 is 22.8 Å². The van der Waals surface area contributed by atoms with Crippen LogP contribution in [0.2, 0.25) is 0 Å². The van der Waals surface area contributed by atoms with Crippen LogP contribution in [-0.2, 0) is 5.54 Å². The molecule has 2 rings (SSSR count). The fourth-order valence-corrected chi connectivity index (χ4v) is 3.52. The number of nitrogens with zero attached hydrogens (tertiary/aromatic N) is 1. The second-order valence-electron chi connectivity index (χ2n) is 6.41. The smallest absolute Gasteiger partial charge is 0.251 e. The van der Waals surface area contributed by atoms with E-state index in [0.29, 0.717) is 10.7 Å². The quantitative estimate of drug-likeness (QED) is 0.769. The molecule has 1 aromatic rings. The molecule has 1 aliphatic heterocycles. The molecule has 0 saturated carbocycles. The summed E-state index contributed by atoms with van der Waals surface area (Å²) in [5.74, 6) is 0.955. The highest BCUT2D eigenvalue weighted by Gasteiger charge is 2.29. The van der Waals surface area contributed by atoms with E-state index in [1.165, 1.54) is 0 Å². The van der Waals surface area contributed by atoms with Crippen LogP contribution in [0.1, 0.15) is 43.1 Å². The van der Waals surface area contributed by atoms with E-state index < -0.39 is 0 Å². The van der Waals surface area contributed by atoms with Crippen LogP contribution in [0.3, 0.4) is 0 Å². The minimum absolute atomic E-state index is 0.0643. The van der Waals surface area contributed by atoms with Gasteiger partial charge < -0.3 is 16.2 Å². The molecule has 126 valence electrons. The van der Waals surface area contributed by atoms with Gasteiger partial charge in [-0.3, -0.25) is 9.79 Å². The molecule has 23 heavy (non-hydrogen) atoms. The molecule has 0 spiro atoms. The number of rotatable bonds is 5. The molecule has 6 heteroatoms. The van der Waals surface area contributed by atoms with Gasteiger partial charge >= 0.3 is 0 Å². The number of hydrogen-bond acceptors (Lipinski definition) is 5. The third-order valence-corrected chi connectivity index (χ3v) is 5.08. The number of carbonyl (C=O) groups excluding carboxylic acids is 1. The molecule has 1 aromatic carbocycles. The zero-order valence-electron chi connectivity index (χ0n) is 13.9. The molecule has 0 saturated heterocycles. The Morgan fingerprint density at radius 2 is 2.09 bits per heavy atom. The van der Waals surface area contributed by atoms with Crippen molar-refractivity contribution in [3.63, 3.8) is 0 Å². The van der Waals surface area contributed by atoms with Crippen LogP contribution < -0.4 is 11.1 Å². The van der Waals surface area contributed by atoms with Gasteiger partial charge in [-0.15, -0.1) is 0 Å². The highest BCUT2D eigenvalue weighted by Crippen LogP contribution is 2.34. The molecule has 1 aliphatic rings. The summed E-state index contributed by atoms with van der Waals surface area (Å²) in [7, 11) is 0. The molecule has 2 unspecified atom stereocenters. The topological polar surface area (TPSA) is 87.7 Å². The summed E-state index contributed by atoms with van der Waals surface area (Å²) < 4.78 is 0. The van der Waals surface area contributed by atoms with Gasteiger partial charge in [-0.25, -0.2) is 0 Å². The minimum atomic E-state index is -0.324. The Balaban J connectivity index is 2.13. The summed E-state index contributed by atoms with van der Waals surface area (Å²) in [6.45, 7) is 5.93. The molecule has 0 fully saturated rings. The van der Waals surface area contributed by atoms with Gasteiger partial charge in [0.05, 0.1) is 18.2 Å². The van der Waals surface area contributed by atoms with Crippen LogP contribution in [0, 0.1) is 5.92 Å². The van der Waals surface area contributed by atoms with E-state index in [9.17, 15) is 9.90 Å². The summed E-state index contributed by atoms with van der Waals surface area (Å²) in [6.07, 6.45) is 0.920. The minimum Gasteiger partial charge on any atom is -0.394 e. The average molecular weight is 335 g/mol. The number of hydrogen-bond donors (Lipinski definition) is 3. The van der Waals surface area contributed by atoms with Crippen molar-refractivity contribution in [3.8, 4) is 0 Å². The van der Waals surface area contributed by atoms with Crippen molar-refractivity contribution in [2.75, 3.05) is 12.4 Å². The third kappa shape index (κ3) is 4.26. The van der Waals surface area contributed by atoms with Crippen molar-refractivity contribution < 1.29 is 9.90 Å². The Morgan fingerprint density at radius 3 is 2.61 bits per heavy atom. The van der Waals surface area contributed by atoms with Gasteiger partial charge in [-0.05, 0) is 37.0 Å². The molecule has 0 aliphatic carbocycles. The summed E-state index contributed by atoms with van der Waals surface area (Å²) in [5, 5.41) is 12.8. The van der Waals surface area contributed by atoms with Gasteiger partial charge in [0.15, 0.2) is 5.17 Å². The molecular weight excluding hydrogens is 310 g/mol. The van der Waals surface area contributed by atoms with Crippen LogP contribution in [0.5, 0.6) is 0 Å². The third-order valence-electron chi connectivity index (χ3n) is 4.28. The summed E-state index contributed by atoms with van der Waals surface area (Å²) in [5.41, 5.74) is 7.16. The average Bonchev–Trinajstić information content (AvgIpc) is 2.52. The Hall–Kier alpha value is -1.53. The van der Waals surface area contributed by atoms with E-state index in [1.54, 1.807) is 23.9 Å². The van der Waals surface area contributed by atoms with E-state index in [1.807, 2.05) is 26.0 Å². The Morgan fingerprint density at radius 1 is 1.43 bits per heavy atom. The number of amidine groups is 1. The monoisotopic (exact) mass is 335 g/mol. The van der Waals surface area contributed by atoms with Gasteiger partial charge in [0.25, 0.3) is 5.91 Å². The second-order valence-corrected chi connectivity index (χ2v) is 7.52. The number of nitrogens with two attached hydrogens (primary N) is 1. The van der Waals surface area contributed by atoms with Crippen LogP contribution in [0.15, 0.2) is 29.3 Å². The molecule has 0 aromatic heterocycles. The number of aliphatic hydroxyl groups excluding tert-OH is 1. The van der Waals surface area contributed by atoms with E-state index >= 15 is 0 Å². The number of aliphatic hydroxyl groups is 1. The largest absolute Gasteiger partial charge is 0.394 e. The maximum atomic E-state index is 12.3. The molecule has 4 N–H and O–H groups in total. The molecule has 5 nitrogen and oxygen atoms in total. The fourth-order valence-electron chi connectivity index (χ4n) is 2.55. The first-order valence-corrected chi connectivity index (χ1v) is 8.84. The lowest BCUT2D eigenvalue weighted by Gasteiger charge is -2.29. The maximum Gasteiger partial charge on any atom is 0.251 e. The number of thioether (sulfide) groups is 1. The first-order valence-electron chi connectivity index (χ1n) is 7.86. The van der Waals surface area contributed by atoms with Crippen LogP contribution in [0.4, 0.5) is 0 Å². The van der Waals surface area contributed by atoms with Gasteiger partial charge in [0.2, 0.25) is 0 Å². The molecule has 0 bridgehead atoms. The first-order chi connectivity index (χ1) is 10.9. The maximum absolute atomic E-state index is 12.3. The highest BCUT2D eigenvalue weighted by molar-refractivity contribution is 8.13. The summed E-state index contributed by atoms with van der Waals surface area (Å²) in [4.78, 5) is 16.8. The SMILES string of the molecule is CC(C)C(CO)NC(=O)c1ccc(C2(C)CCSC(N)=N2)cc1. The van der Waals surface area contributed by atoms with Crippen LogP contribution in [0.25, 0.3) is 0 Å². The molecule has 1 amide bonds. The number of nitrogens with one attached hydrogen (secondary N) is 1. The van der Waals surface area contributed by atoms with E-state index in [0.717, 1.165) is 17.7 Å². The van der Waals surface area contributed by atoms with Gasteiger partial charge in [-0.1, -0.05) is 37.7 Å². The molecule has 0 radical (unpaired) electrons. The van der Waals surface area contributed by atoms with Gasteiger partial charge in [-0.2, -0.15) is 0 Å². The summed E-state index contributed by atoms with van der Waals surface area (Å²) in [6, 6.07) is 7.24. The Labute approximate surface area is 141 Å². The predicted molar refractivity (Wildman–Crippen MR) is 95.7 cm³/mol. The zero-order chi connectivity index (χ0) is 17.0. The van der Waals surface area contributed by atoms with Crippen molar-refractivity contribution in [3.05, 3.63) is 35.4 Å². The van der Waals surface area contributed by atoms with E-state index in [2.05, 4.69) is 17.2 Å². The second kappa shape index (κ2) is 7.36. The van der Waals surface area contributed by atoms with Gasteiger partial charge in [0.1, 0.15) is 0 Å². The summed E-state index contributed by atoms with van der Waals surface area (Å²) >= 11 is 1.58. The van der Waals surface area contributed by atoms with Crippen molar-refractivity contribution in [1.29, 1.82) is 0 Å². The van der Waals surface area contributed by atoms with E-state index in [-0.39, 0.29) is 30.0 Å². The number of benzene rings is 1. The number of aliphatic imine (C=N–C) groups is 1. The lowest BCUT2D eigenvalue weighted by molar-refractivity contribution is 0.0897.